The standard InChI is InChI=1S/C14H8Cl2INO2/c15-9-2-1-8(11(16)5-9)7-18-12-6-10(17)3-4-13(12)20-14(18)19/h1-6H,7H2. The predicted octanol–water partition coefficient (Wildman–Crippen LogP) is 4.55. The van der Waals surface area contributed by atoms with Crippen molar-refractivity contribution in [2.75, 3.05) is 0 Å². The summed E-state index contributed by atoms with van der Waals surface area (Å²) in [6.07, 6.45) is 0. The van der Waals surface area contributed by atoms with E-state index in [-0.39, 0.29) is 0 Å². The van der Waals surface area contributed by atoms with Crippen LogP contribution in [0.3, 0.4) is 0 Å². The van der Waals surface area contributed by atoms with E-state index < -0.39 is 5.76 Å². The summed E-state index contributed by atoms with van der Waals surface area (Å²) in [6.45, 7) is 0.349. The average molecular weight is 420 g/mol. The molecule has 3 aromatic rings. The van der Waals surface area contributed by atoms with Crippen LogP contribution >= 0.6 is 45.8 Å². The van der Waals surface area contributed by atoms with Gasteiger partial charge in [-0.2, -0.15) is 0 Å². The van der Waals surface area contributed by atoms with Gasteiger partial charge in [0.15, 0.2) is 5.58 Å². The first-order valence-corrected chi connectivity index (χ1v) is 7.61. The number of halogens is 3. The number of nitrogens with zero attached hydrogens (tertiary/aromatic N) is 1. The number of benzene rings is 2. The van der Waals surface area contributed by atoms with Gasteiger partial charge in [-0.25, -0.2) is 4.79 Å². The van der Waals surface area contributed by atoms with Gasteiger partial charge in [0.25, 0.3) is 0 Å². The molecule has 6 heteroatoms. The first-order valence-electron chi connectivity index (χ1n) is 5.77. The Labute approximate surface area is 138 Å². The van der Waals surface area contributed by atoms with Crippen molar-refractivity contribution in [3.05, 3.63) is 66.1 Å². The summed E-state index contributed by atoms with van der Waals surface area (Å²) < 4.78 is 7.82. The van der Waals surface area contributed by atoms with E-state index in [9.17, 15) is 4.79 Å². The number of hydrogen-bond acceptors (Lipinski definition) is 2. The van der Waals surface area contributed by atoms with Gasteiger partial charge in [0.1, 0.15) is 0 Å². The minimum Gasteiger partial charge on any atom is -0.408 e. The van der Waals surface area contributed by atoms with E-state index in [1.165, 1.54) is 0 Å². The highest BCUT2D eigenvalue weighted by Gasteiger charge is 2.11. The van der Waals surface area contributed by atoms with Crippen LogP contribution in [0.1, 0.15) is 5.56 Å². The zero-order valence-electron chi connectivity index (χ0n) is 10.1. The van der Waals surface area contributed by atoms with Crippen LogP contribution in [0.2, 0.25) is 10.0 Å². The van der Waals surface area contributed by atoms with E-state index in [0.717, 1.165) is 14.7 Å². The van der Waals surface area contributed by atoms with Crippen molar-refractivity contribution >= 4 is 56.9 Å². The van der Waals surface area contributed by atoms with Gasteiger partial charge in [-0.3, -0.25) is 4.57 Å². The zero-order valence-corrected chi connectivity index (χ0v) is 13.7. The van der Waals surface area contributed by atoms with Gasteiger partial charge < -0.3 is 4.42 Å². The van der Waals surface area contributed by atoms with Gasteiger partial charge in [-0.1, -0.05) is 29.3 Å². The van der Waals surface area contributed by atoms with Crippen molar-refractivity contribution in [1.29, 1.82) is 0 Å². The molecule has 0 N–H and O–H groups in total. The summed E-state index contributed by atoms with van der Waals surface area (Å²) in [5.41, 5.74) is 2.15. The van der Waals surface area contributed by atoms with Crippen molar-refractivity contribution in [3.63, 3.8) is 0 Å². The molecular weight excluding hydrogens is 412 g/mol. The van der Waals surface area contributed by atoms with Gasteiger partial charge >= 0.3 is 5.76 Å². The molecule has 0 saturated heterocycles. The van der Waals surface area contributed by atoms with E-state index in [2.05, 4.69) is 22.6 Å². The normalized spacial score (nSPS) is 11.2. The number of hydrogen-bond donors (Lipinski definition) is 0. The van der Waals surface area contributed by atoms with Crippen molar-refractivity contribution in [2.45, 2.75) is 6.54 Å². The largest absolute Gasteiger partial charge is 0.420 e. The summed E-state index contributed by atoms with van der Waals surface area (Å²) in [5, 5.41) is 1.10. The molecule has 0 unspecified atom stereocenters. The second kappa shape index (κ2) is 5.42. The highest BCUT2D eigenvalue weighted by Crippen LogP contribution is 2.23. The maximum atomic E-state index is 12.0. The third-order valence-corrected chi connectivity index (χ3v) is 4.23. The van der Waals surface area contributed by atoms with Gasteiger partial charge in [-0.15, -0.1) is 0 Å². The Bertz CT molecular complexity index is 854. The van der Waals surface area contributed by atoms with Crippen LogP contribution in [0.4, 0.5) is 0 Å². The molecule has 0 fully saturated rings. The Kier molecular flexibility index (Phi) is 3.79. The van der Waals surface area contributed by atoms with Crippen LogP contribution in [-0.4, -0.2) is 4.57 Å². The second-order valence-electron chi connectivity index (χ2n) is 4.30. The molecule has 0 atom stereocenters. The lowest BCUT2D eigenvalue weighted by atomic mass is 10.2. The molecule has 20 heavy (non-hydrogen) atoms. The third-order valence-electron chi connectivity index (χ3n) is 2.97. The summed E-state index contributed by atoms with van der Waals surface area (Å²) in [6, 6.07) is 10.8. The molecule has 1 heterocycles. The zero-order chi connectivity index (χ0) is 14.3. The minimum atomic E-state index is -0.395. The fourth-order valence-corrected chi connectivity index (χ4v) is 2.95. The van der Waals surface area contributed by atoms with Crippen LogP contribution < -0.4 is 5.76 Å². The fraction of sp³-hybridized carbons (Fsp3) is 0.0714. The number of oxazole rings is 1. The molecule has 0 bridgehead atoms. The third kappa shape index (κ3) is 2.60. The Balaban J connectivity index is 2.12. The smallest absolute Gasteiger partial charge is 0.408 e. The molecule has 0 aliphatic carbocycles. The molecule has 102 valence electrons. The van der Waals surface area contributed by atoms with Crippen LogP contribution in [0.25, 0.3) is 11.1 Å². The Morgan fingerprint density at radius 1 is 1.15 bits per heavy atom. The topological polar surface area (TPSA) is 35.1 Å². The molecule has 0 saturated carbocycles. The lowest BCUT2D eigenvalue weighted by molar-refractivity contribution is 0.518. The second-order valence-corrected chi connectivity index (χ2v) is 6.39. The summed E-state index contributed by atoms with van der Waals surface area (Å²) in [4.78, 5) is 12.0. The molecular formula is C14H8Cl2INO2. The Morgan fingerprint density at radius 3 is 2.70 bits per heavy atom. The quantitative estimate of drug-likeness (QED) is 0.571. The summed E-state index contributed by atoms with van der Waals surface area (Å²) >= 11 is 14.2. The van der Waals surface area contributed by atoms with Gasteiger partial charge in [0, 0.05) is 13.6 Å². The maximum absolute atomic E-state index is 12.0. The monoisotopic (exact) mass is 419 g/mol. The first kappa shape index (κ1) is 14.0. The van der Waals surface area contributed by atoms with E-state index in [1.54, 1.807) is 22.8 Å². The first-order chi connectivity index (χ1) is 9.54. The number of fused-ring (bicyclic) bond motifs is 1. The SMILES string of the molecule is O=c1oc2ccc(I)cc2n1Cc1ccc(Cl)cc1Cl. The Hall–Kier alpha value is -0.980. The molecule has 0 aliphatic heterocycles. The van der Waals surface area contributed by atoms with Crippen molar-refractivity contribution in [3.8, 4) is 0 Å². The fourth-order valence-electron chi connectivity index (χ4n) is 2.01. The van der Waals surface area contributed by atoms with E-state index in [1.807, 2.05) is 18.2 Å². The molecule has 0 aliphatic rings. The molecule has 1 aromatic heterocycles. The van der Waals surface area contributed by atoms with Gasteiger partial charge in [0.2, 0.25) is 0 Å². The van der Waals surface area contributed by atoms with Crippen LogP contribution in [0.5, 0.6) is 0 Å². The van der Waals surface area contributed by atoms with Crippen molar-refractivity contribution in [1.82, 2.24) is 4.57 Å². The van der Waals surface area contributed by atoms with Crippen LogP contribution in [0.15, 0.2) is 45.6 Å². The molecule has 0 amide bonds. The van der Waals surface area contributed by atoms with Crippen molar-refractivity contribution < 1.29 is 4.42 Å². The van der Waals surface area contributed by atoms with E-state index >= 15 is 0 Å². The highest BCUT2D eigenvalue weighted by molar-refractivity contribution is 14.1. The highest BCUT2D eigenvalue weighted by atomic mass is 127. The lowest BCUT2D eigenvalue weighted by Gasteiger charge is -2.05. The average Bonchev–Trinajstić information content (AvgIpc) is 2.69. The maximum Gasteiger partial charge on any atom is 0.420 e. The van der Waals surface area contributed by atoms with Crippen LogP contribution in [0, 0.1) is 3.57 Å². The lowest BCUT2D eigenvalue weighted by Crippen LogP contribution is -2.15. The molecule has 3 nitrogen and oxygen atoms in total. The van der Waals surface area contributed by atoms with E-state index in [0.29, 0.717) is 22.2 Å². The molecule has 3 rings (SSSR count). The van der Waals surface area contributed by atoms with E-state index in [4.69, 9.17) is 27.6 Å². The molecule has 2 aromatic carbocycles. The molecule has 0 spiro atoms. The van der Waals surface area contributed by atoms with Gasteiger partial charge in [0.05, 0.1) is 12.1 Å². The summed E-state index contributed by atoms with van der Waals surface area (Å²) in [5.74, 6) is -0.395. The number of aromatic nitrogens is 1. The summed E-state index contributed by atoms with van der Waals surface area (Å²) in [7, 11) is 0. The van der Waals surface area contributed by atoms with Gasteiger partial charge in [-0.05, 0) is 58.5 Å². The molecule has 0 radical (unpaired) electrons. The Morgan fingerprint density at radius 2 is 1.95 bits per heavy atom. The predicted molar refractivity (Wildman–Crippen MR) is 88.8 cm³/mol. The van der Waals surface area contributed by atoms with Crippen LogP contribution in [-0.2, 0) is 6.54 Å². The van der Waals surface area contributed by atoms with Crippen molar-refractivity contribution in [2.24, 2.45) is 0 Å². The number of rotatable bonds is 2. The minimum absolute atomic E-state index is 0.349.